The fourth-order valence-corrected chi connectivity index (χ4v) is 3.32. The molecule has 1 aromatic heterocycles. The minimum Gasteiger partial charge on any atom is -0.348 e. The first-order valence-electron chi connectivity index (χ1n) is 7.96. The monoisotopic (exact) mass is 364 g/mol. The van der Waals surface area contributed by atoms with Gasteiger partial charge in [-0.1, -0.05) is 42.5 Å². The standard InChI is InChI=1S/C17H18Cl2N4O/c18-11-6-12(19)8-14(7-11)22-16-10-20-15(9-21-16)17(24)23-13-4-2-1-3-5-13/h6-10,13H,1-5H2,(H,21,22)(H,23,24). The maximum Gasteiger partial charge on any atom is 0.271 e. The maximum atomic E-state index is 12.2. The highest BCUT2D eigenvalue weighted by Crippen LogP contribution is 2.24. The van der Waals surface area contributed by atoms with Crippen LogP contribution in [0.4, 0.5) is 11.5 Å². The van der Waals surface area contributed by atoms with Gasteiger partial charge in [-0.2, -0.15) is 0 Å². The molecule has 1 heterocycles. The first-order chi connectivity index (χ1) is 11.6. The lowest BCUT2D eigenvalue weighted by atomic mass is 9.95. The summed E-state index contributed by atoms with van der Waals surface area (Å²) in [6.45, 7) is 0. The van der Waals surface area contributed by atoms with Crippen LogP contribution < -0.4 is 10.6 Å². The third-order valence-electron chi connectivity index (χ3n) is 3.96. The second kappa shape index (κ2) is 7.81. The smallest absolute Gasteiger partial charge is 0.271 e. The van der Waals surface area contributed by atoms with Gasteiger partial charge in [0.15, 0.2) is 0 Å². The average Bonchev–Trinajstić information content (AvgIpc) is 2.55. The summed E-state index contributed by atoms with van der Waals surface area (Å²) in [7, 11) is 0. The molecule has 1 aliphatic rings. The van der Waals surface area contributed by atoms with E-state index >= 15 is 0 Å². The van der Waals surface area contributed by atoms with E-state index in [1.165, 1.54) is 31.7 Å². The molecule has 1 aliphatic carbocycles. The Labute approximate surface area is 150 Å². The lowest BCUT2D eigenvalue weighted by Gasteiger charge is -2.22. The van der Waals surface area contributed by atoms with Crippen molar-refractivity contribution in [3.05, 3.63) is 46.3 Å². The number of amides is 1. The molecule has 3 rings (SSSR count). The zero-order chi connectivity index (χ0) is 16.9. The Bertz CT molecular complexity index is 695. The number of benzene rings is 1. The molecule has 1 aromatic carbocycles. The second-order valence-corrected chi connectivity index (χ2v) is 6.75. The Balaban J connectivity index is 1.63. The third kappa shape index (κ3) is 4.58. The number of rotatable bonds is 4. The molecule has 24 heavy (non-hydrogen) atoms. The summed E-state index contributed by atoms with van der Waals surface area (Å²) in [6, 6.07) is 5.37. The molecule has 0 spiro atoms. The molecular formula is C17H18Cl2N4O. The van der Waals surface area contributed by atoms with E-state index in [4.69, 9.17) is 23.2 Å². The van der Waals surface area contributed by atoms with Gasteiger partial charge in [-0.05, 0) is 31.0 Å². The Morgan fingerprint density at radius 1 is 1.00 bits per heavy atom. The van der Waals surface area contributed by atoms with Gasteiger partial charge in [-0.25, -0.2) is 9.97 Å². The van der Waals surface area contributed by atoms with E-state index in [1.54, 1.807) is 18.2 Å². The van der Waals surface area contributed by atoms with Crippen molar-refractivity contribution in [1.82, 2.24) is 15.3 Å². The Hall–Kier alpha value is -1.85. The van der Waals surface area contributed by atoms with Crippen LogP contribution in [-0.2, 0) is 0 Å². The van der Waals surface area contributed by atoms with Crippen molar-refractivity contribution < 1.29 is 4.79 Å². The number of nitrogens with one attached hydrogen (secondary N) is 2. The normalized spacial score (nSPS) is 15.1. The first kappa shape index (κ1) is 17.0. The summed E-state index contributed by atoms with van der Waals surface area (Å²) in [5.74, 6) is 0.342. The zero-order valence-corrected chi connectivity index (χ0v) is 14.6. The molecule has 0 aliphatic heterocycles. The van der Waals surface area contributed by atoms with E-state index in [1.807, 2.05) is 0 Å². The van der Waals surface area contributed by atoms with Crippen LogP contribution in [0.25, 0.3) is 0 Å². The fourth-order valence-electron chi connectivity index (χ4n) is 2.79. The number of anilines is 2. The Kier molecular flexibility index (Phi) is 5.53. The van der Waals surface area contributed by atoms with Gasteiger partial charge in [0.1, 0.15) is 11.5 Å². The molecule has 126 valence electrons. The number of aromatic nitrogens is 2. The van der Waals surface area contributed by atoms with Gasteiger partial charge in [0, 0.05) is 21.8 Å². The largest absolute Gasteiger partial charge is 0.348 e. The third-order valence-corrected chi connectivity index (χ3v) is 4.40. The number of hydrogen-bond donors (Lipinski definition) is 2. The SMILES string of the molecule is O=C(NC1CCCCC1)c1cnc(Nc2cc(Cl)cc(Cl)c2)cn1. The second-order valence-electron chi connectivity index (χ2n) is 5.88. The van der Waals surface area contributed by atoms with Gasteiger partial charge in [-0.15, -0.1) is 0 Å². The van der Waals surface area contributed by atoms with Crippen LogP contribution in [0.15, 0.2) is 30.6 Å². The van der Waals surface area contributed by atoms with Crippen molar-refractivity contribution in [3.63, 3.8) is 0 Å². The minimum atomic E-state index is -0.174. The molecule has 2 aromatic rings. The number of carbonyl (C=O) groups excluding carboxylic acids is 1. The molecule has 1 fully saturated rings. The molecular weight excluding hydrogens is 347 g/mol. The van der Waals surface area contributed by atoms with Crippen LogP contribution in [0.5, 0.6) is 0 Å². The highest BCUT2D eigenvalue weighted by atomic mass is 35.5. The van der Waals surface area contributed by atoms with E-state index in [9.17, 15) is 4.79 Å². The number of hydrogen-bond acceptors (Lipinski definition) is 4. The Morgan fingerprint density at radius 2 is 1.71 bits per heavy atom. The van der Waals surface area contributed by atoms with Crippen LogP contribution in [0, 0.1) is 0 Å². The van der Waals surface area contributed by atoms with Gasteiger partial charge in [0.05, 0.1) is 12.4 Å². The topological polar surface area (TPSA) is 66.9 Å². The molecule has 0 saturated heterocycles. The molecule has 2 N–H and O–H groups in total. The maximum absolute atomic E-state index is 12.2. The Morgan fingerprint density at radius 3 is 2.33 bits per heavy atom. The molecule has 0 unspecified atom stereocenters. The number of halogens is 2. The predicted octanol–water partition coefficient (Wildman–Crippen LogP) is 4.59. The van der Waals surface area contributed by atoms with Crippen molar-refractivity contribution in [2.24, 2.45) is 0 Å². The van der Waals surface area contributed by atoms with Crippen LogP contribution >= 0.6 is 23.2 Å². The van der Waals surface area contributed by atoms with Gasteiger partial charge >= 0.3 is 0 Å². The van der Waals surface area contributed by atoms with Crippen molar-refractivity contribution in [2.75, 3.05) is 5.32 Å². The van der Waals surface area contributed by atoms with E-state index in [0.29, 0.717) is 27.2 Å². The molecule has 0 bridgehead atoms. The summed E-state index contributed by atoms with van der Waals surface area (Å²) in [5.41, 5.74) is 1.02. The van der Waals surface area contributed by atoms with E-state index < -0.39 is 0 Å². The van der Waals surface area contributed by atoms with E-state index in [0.717, 1.165) is 12.8 Å². The molecule has 5 nitrogen and oxygen atoms in total. The van der Waals surface area contributed by atoms with Crippen LogP contribution in [0.1, 0.15) is 42.6 Å². The van der Waals surface area contributed by atoms with Gasteiger partial charge in [0.2, 0.25) is 0 Å². The summed E-state index contributed by atoms with van der Waals surface area (Å²) in [4.78, 5) is 20.6. The minimum absolute atomic E-state index is 0.174. The van der Waals surface area contributed by atoms with E-state index in [2.05, 4.69) is 20.6 Å². The molecule has 1 amide bonds. The lowest BCUT2D eigenvalue weighted by molar-refractivity contribution is 0.0922. The molecule has 0 radical (unpaired) electrons. The molecule has 7 heteroatoms. The summed E-state index contributed by atoms with van der Waals surface area (Å²) in [6.07, 6.45) is 8.64. The van der Waals surface area contributed by atoms with Crippen LogP contribution in [0.2, 0.25) is 10.0 Å². The van der Waals surface area contributed by atoms with Crippen molar-refractivity contribution in [1.29, 1.82) is 0 Å². The lowest BCUT2D eigenvalue weighted by Crippen LogP contribution is -2.36. The number of carbonyl (C=O) groups is 1. The predicted molar refractivity (Wildman–Crippen MR) is 96.1 cm³/mol. The highest BCUT2D eigenvalue weighted by molar-refractivity contribution is 6.35. The molecule has 1 saturated carbocycles. The summed E-state index contributed by atoms with van der Waals surface area (Å²) in [5, 5.41) is 7.14. The van der Waals surface area contributed by atoms with Gasteiger partial charge in [-0.3, -0.25) is 4.79 Å². The summed E-state index contributed by atoms with van der Waals surface area (Å²) < 4.78 is 0. The van der Waals surface area contributed by atoms with Gasteiger partial charge in [0.25, 0.3) is 5.91 Å². The van der Waals surface area contributed by atoms with Crippen LogP contribution in [-0.4, -0.2) is 21.9 Å². The van der Waals surface area contributed by atoms with Gasteiger partial charge < -0.3 is 10.6 Å². The quantitative estimate of drug-likeness (QED) is 0.832. The van der Waals surface area contributed by atoms with Crippen molar-refractivity contribution in [3.8, 4) is 0 Å². The molecule has 0 atom stereocenters. The number of nitrogens with zero attached hydrogens (tertiary/aromatic N) is 2. The first-order valence-corrected chi connectivity index (χ1v) is 8.72. The fraction of sp³-hybridized carbons (Fsp3) is 0.353. The van der Waals surface area contributed by atoms with Crippen molar-refractivity contribution >= 4 is 40.6 Å². The van der Waals surface area contributed by atoms with Crippen molar-refractivity contribution in [2.45, 2.75) is 38.1 Å². The average molecular weight is 365 g/mol. The zero-order valence-electron chi connectivity index (χ0n) is 13.1. The highest BCUT2D eigenvalue weighted by Gasteiger charge is 2.17. The summed E-state index contributed by atoms with van der Waals surface area (Å²) >= 11 is 11.9. The van der Waals surface area contributed by atoms with E-state index in [-0.39, 0.29) is 11.9 Å². The van der Waals surface area contributed by atoms with Crippen LogP contribution in [0.3, 0.4) is 0 Å².